The Morgan fingerprint density at radius 3 is 2.27 bits per heavy atom. The second-order valence-corrected chi connectivity index (χ2v) is 7.77. The molecule has 0 aliphatic heterocycles. The molecule has 0 fully saturated rings. The Balaban J connectivity index is 1.62. The average molecular weight is 423 g/mol. The van der Waals surface area contributed by atoms with Crippen LogP contribution in [0.1, 0.15) is 15.9 Å². The van der Waals surface area contributed by atoms with E-state index in [2.05, 4.69) is 5.32 Å². The zero-order valence-electron chi connectivity index (χ0n) is 13.5. The number of anilines is 1. The zero-order chi connectivity index (χ0) is 18.5. The number of benzene rings is 3. The van der Waals surface area contributed by atoms with Crippen LogP contribution in [0.15, 0.2) is 71.6 Å². The van der Waals surface area contributed by atoms with Crippen molar-refractivity contribution in [2.75, 3.05) is 5.32 Å². The highest BCUT2D eigenvalue weighted by Gasteiger charge is 2.10. The molecular formula is C20H14Cl3NOS. The first-order valence-corrected chi connectivity index (χ1v) is 9.87. The van der Waals surface area contributed by atoms with Crippen molar-refractivity contribution in [1.82, 2.24) is 0 Å². The molecular weight excluding hydrogens is 409 g/mol. The molecule has 0 saturated heterocycles. The van der Waals surface area contributed by atoms with Crippen LogP contribution in [-0.4, -0.2) is 5.91 Å². The van der Waals surface area contributed by atoms with Crippen LogP contribution in [0, 0.1) is 0 Å². The molecule has 0 bridgehead atoms. The molecule has 132 valence electrons. The van der Waals surface area contributed by atoms with Gasteiger partial charge in [-0.05, 0) is 54.1 Å². The third-order valence-electron chi connectivity index (χ3n) is 3.64. The molecule has 0 spiro atoms. The number of hydrogen-bond acceptors (Lipinski definition) is 2. The SMILES string of the molecule is O=C(Nc1cccc(Cl)c1Cl)c1ccc(CSc2ccc(Cl)cc2)cc1. The number of halogens is 3. The van der Waals surface area contributed by atoms with E-state index >= 15 is 0 Å². The van der Waals surface area contributed by atoms with Gasteiger partial charge in [0.15, 0.2) is 0 Å². The number of nitrogens with one attached hydrogen (secondary N) is 1. The molecule has 1 N–H and O–H groups in total. The fourth-order valence-corrected chi connectivity index (χ4v) is 3.57. The fraction of sp³-hybridized carbons (Fsp3) is 0.0500. The number of carbonyl (C=O) groups is 1. The summed E-state index contributed by atoms with van der Waals surface area (Å²) in [5.74, 6) is 0.579. The van der Waals surface area contributed by atoms with Crippen LogP contribution in [-0.2, 0) is 5.75 Å². The topological polar surface area (TPSA) is 29.1 Å². The maximum Gasteiger partial charge on any atom is 0.255 e. The average Bonchev–Trinajstić information content (AvgIpc) is 2.65. The van der Waals surface area contributed by atoms with E-state index in [-0.39, 0.29) is 5.91 Å². The molecule has 3 rings (SSSR count). The van der Waals surface area contributed by atoms with Crippen molar-refractivity contribution >= 4 is 58.2 Å². The Bertz CT molecular complexity index is 911. The van der Waals surface area contributed by atoms with E-state index in [1.165, 1.54) is 0 Å². The first kappa shape index (κ1) is 19.1. The van der Waals surface area contributed by atoms with Gasteiger partial charge in [-0.2, -0.15) is 0 Å². The second kappa shape index (κ2) is 8.83. The van der Waals surface area contributed by atoms with E-state index in [0.717, 1.165) is 21.2 Å². The van der Waals surface area contributed by atoms with Crippen LogP contribution in [0.5, 0.6) is 0 Å². The molecule has 0 unspecified atom stereocenters. The van der Waals surface area contributed by atoms with Gasteiger partial charge in [0, 0.05) is 21.2 Å². The number of thioether (sulfide) groups is 1. The molecule has 0 aliphatic rings. The summed E-state index contributed by atoms with van der Waals surface area (Å²) in [5.41, 5.74) is 2.18. The minimum Gasteiger partial charge on any atom is -0.321 e. The Kier molecular flexibility index (Phi) is 6.49. The van der Waals surface area contributed by atoms with Crippen molar-refractivity contribution in [3.63, 3.8) is 0 Å². The molecule has 0 radical (unpaired) electrons. The normalized spacial score (nSPS) is 10.6. The Morgan fingerprint density at radius 1 is 0.885 bits per heavy atom. The lowest BCUT2D eigenvalue weighted by Gasteiger charge is -2.09. The van der Waals surface area contributed by atoms with Gasteiger partial charge in [0.05, 0.1) is 15.7 Å². The Labute approximate surface area is 171 Å². The van der Waals surface area contributed by atoms with Crippen molar-refractivity contribution in [2.24, 2.45) is 0 Å². The van der Waals surface area contributed by atoms with Crippen molar-refractivity contribution in [3.05, 3.63) is 92.9 Å². The van der Waals surface area contributed by atoms with E-state index in [0.29, 0.717) is 21.3 Å². The van der Waals surface area contributed by atoms with Crippen molar-refractivity contribution in [2.45, 2.75) is 10.6 Å². The van der Waals surface area contributed by atoms with Crippen LogP contribution >= 0.6 is 46.6 Å². The first-order valence-electron chi connectivity index (χ1n) is 7.75. The van der Waals surface area contributed by atoms with Crippen molar-refractivity contribution in [3.8, 4) is 0 Å². The molecule has 6 heteroatoms. The molecule has 3 aromatic rings. The lowest BCUT2D eigenvalue weighted by Crippen LogP contribution is -2.12. The van der Waals surface area contributed by atoms with Gasteiger partial charge in [-0.15, -0.1) is 11.8 Å². The number of hydrogen-bond donors (Lipinski definition) is 1. The maximum absolute atomic E-state index is 12.4. The monoisotopic (exact) mass is 421 g/mol. The minimum atomic E-state index is -0.230. The Hall–Kier alpha value is -1.65. The van der Waals surface area contributed by atoms with Gasteiger partial charge in [0.25, 0.3) is 5.91 Å². The molecule has 0 aliphatic carbocycles. The lowest BCUT2D eigenvalue weighted by molar-refractivity contribution is 0.102. The van der Waals surface area contributed by atoms with Gasteiger partial charge in [-0.3, -0.25) is 4.79 Å². The molecule has 0 aromatic heterocycles. The molecule has 3 aromatic carbocycles. The largest absolute Gasteiger partial charge is 0.321 e. The van der Waals surface area contributed by atoms with Crippen molar-refractivity contribution < 1.29 is 4.79 Å². The Morgan fingerprint density at radius 2 is 1.58 bits per heavy atom. The summed E-state index contributed by atoms with van der Waals surface area (Å²) < 4.78 is 0. The van der Waals surface area contributed by atoms with Gasteiger partial charge in [-0.25, -0.2) is 0 Å². The quantitative estimate of drug-likeness (QED) is 0.441. The van der Waals surface area contributed by atoms with Crippen LogP contribution in [0.2, 0.25) is 15.1 Å². The van der Waals surface area contributed by atoms with Gasteiger partial charge in [0.1, 0.15) is 0 Å². The zero-order valence-corrected chi connectivity index (χ0v) is 16.6. The van der Waals surface area contributed by atoms with Crippen LogP contribution < -0.4 is 5.32 Å². The summed E-state index contributed by atoms with van der Waals surface area (Å²) in [6, 6.07) is 20.3. The summed E-state index contributed by atoms with van der Waals surface area (Å²) in [6.07, 6.45) is 0. The van der Waals surface area contributed by atoms with E-state index in [4.69, 9.17) is 34.8 Å². The van der Waals surface area contributed by atoms with Crippen LogP contribution in [0.4, 0.5) is 5.69 Å². The fourth-order valence-electron chi connectivity index (χ4n) is 2.24. The summed E-state index contributed by atoms with van der Waals surface area (Å²) in [6.45, 7) is 0. The third kappa shape index (κ3) is 4.95. The predicted octanol–water partition coefficient (Wildman–Crippen LogP) is 7.19. The van der Waals surface area contributed by atoms with E-state index in [1.54, 1.807) is 42.1 Å². The van der Waals surface area contributed by atoms with E-state index in [9.17, 15) is 4.79 Å². The number of rotatable bonds is 5. The highest BCUT2D eigenvalue weighted by atomic mass is 35.5. The molecule has 0 atom stereocenters. The molecule has 0 heterocycles. The van der Waals surface area contributed by atoms with Gasteiger partial charge >= 0.3 is 0 Å². The summed E-state index contributed by atoms with van der Waals surface area (Å²) in [4.78, 5) is 13.5. The van der Waals surface area contributed by atoms with Gasteiger partial charge in [0.2, 0.25) is 0 Å². The van der Waals surface area contributed by atoms with Crippen LogP contribution in [0.3, 0.4) is 0 Å². The standard InChI is InChI=1S/C20H14Cl3NOS/c21-15-8-10-16(11-9-15)26-12-13-4-6-14(7-5-13)20(25)24-18-3-1-2-17(22)19(18)23/h1-11H,12H2,(H,24,25). The summed E-state index contributed by atoms with van der Waals surface area (Å²) >= 11 is 19.7. The van der Waals surface area contributed by atoms with Crippen molar-refractivity contribution in [1.29, 1.82) is 0 Å². The molecule has 0 saturated carbocycles. The molecule has 26 heavy (non-hydrogen) atoms. The van der Waals surface area contributed by atoms with E-state index < -0.39 is 0 Å². The second-order valence-electron chi connectivity index (χ2n) is 5.50. The summed E-state index contributed by atoms with van der Waals surface area (Å²) in [7, 11) is 0. The smallest absolute Gasteiger partial charge is 0.255 e. The minimum absolute atomic E-state index is 0.230. The highest BCUT2D eigenvalue weighted by Crippen LogP contribution is 2.30. The third-order valence-corrected chi connectivity index (χ3v) is 5.79. The van der Waals surface area contributed by atoms with Crippen LogP contribution in [0.25, 0.3) is 0 Å². The lowest BCUT2D eigenvalue weighted by atomic mass is 10.1. The molecule has 2 nitrogen and oxygen atoms in total. The predicted molar refractivity (Wildman–Crippen MR) is 112 cm³/mol. The van der Waals surface area contributed by atoms with Gasteiger partial charge in [-0.1, -0.05) is 53.0 Å². The van der Waals surface area contributed by atoms with E-state index in [1.807, 2.05) is 36.4 Å². The maximum atomic E-state index is 12.4. The highest BCUT2D eigenvalue weighted by molar-refractivity contribution is 7.98. The summed E-state index contributed by atoms with van der Waals surface area (Å²) in [5, 5.41) is 4.24. The van der Waals surface area contributed by atoms with Gasteiger partial charge < -0.3 is 5.32 Å². The number of amides is 1. The molecule has 1 amide bonds. The number of carbonyl (C=O) groups excluding carboxylic acids is 1. The first-order chi connectivity index (χ1) is 12.5.